The van der Waals surface area contributed by atoms with E-state index in [0.717, 1.165) is 59.6 Å². The second-order valence-electron chi connectivity index (χ2n) is 14.5. The molecule has 0 aromatic rings. The molecule has 0 N–H and O–H groups in total. The van der Waals surface area contributed by atoms with Gasteiger partial charge in [0.25, 0.3) is 0 Å². The topological polar surface area (TPSA) is 3.24 Å². The van der Waals surface area contributed by atoms with Crippen LogP contribution in [0.1, 0.15) is 148 Å². The van der Waals surface area contributed by atoms with Crippen molar-refractivity contribution in [3.05, 3.63) is 0 Å². The van der Waals surface area contributed by atoms with E-state index in [9.17, 15) is 0 Å². The minimum Gasteiger partial charge on any atom is -0.294 e. The van der Waals surface area contributed by atoms with Crippen molar-refractivity contribution in [2.75, 3.05) is 0 Å². The summed E-state index contributed by atoms with van der Waals surface area (Å²) in [5, 5.41) is 0. The Morgan fingerprint density at radius 1 is 0.412 bits per heavy atom. The number of rotatable bonds is 4. The van der Waals surface area contributed by atoms with Gasteiger partial charge in [0.05, 0.1) is 0 Å². The van der Waals surface area contributed by atoms with Crippen molar-refractivity contribution >= 4 is 0 Å². The summed E-state index contributed by atoms with van der Waals surface area (Å²) in [6, 6.07) is 2.84. The smallest absolute Gasteiger partial charge is 0.0163 e. The molecule has 1 heteroatoms. The molecule has 6 saturated carbocycles. The standard InChI is InChI=1S/C33H57N/c1-24-15-19-29(20-16-24)34(30-21-17-26(18-22-30)25-9-3-2-4-10-25)33-31-13-7-5-11-27(31)23-28-12-6-8-14-32(28)33/h24-33H,2-23H2,1H3. The van der Waals surface area contributed by atoms with Crippen molar-refractivity contribution in [3.8, 4) is 0 Å². The Morgan fingerprint density at radius 3 is 1.44 bits per heavy atom. The van der Waals surface area contributed by atoms with Crippen LogP contribution in [0.15, 0.2) is 0 Å². The molecule has 194 valence electrons. The lowest BCUT2D eigenvalue weighted by Gasteiger charge is -2.59. The molecule has 1 nitrogen and oxygen atoms in total. The minimum absolute atomic E-state index is 0.931. The molecule has 0 heterocycles. The minimum atomic E-state index is 0.931. The molecule has 4 atom stereocenters. The molecule has 4 unspecified atom stereocenters. The van der Waals surface area contributed by atoms with Crippen molar-refractivity contribution in [3.63, 3.8) is 0 Å². The molecule has 6 aliphatic carbocycles. The number of nitrogens with zero attached hydrogens (tertiary/aromatic N) is 1. The first-order chi connectivity index (χ1) is 16.8. The molecule has 6 rings (SSSR count). The van der Waals surface area contributed by atoms with Crippen LogP contribution in [0.4, 0.5) is 0 Å². The van der Waals surface area contributed by atoms with Gasteiger partial charge in [-0.05, 0) is 112 Å². The van der Waals surface area contributed by atoms with Gasteiger partial charge < -0.3 is 0 Å². The van der Waals surface area contributed by atoms with Gasteiger partial charge in [0.15, 0.2) is 0 Å². The van der Waals surface area contributed by atoms with Gasteiger partial charge in [0.1, 0.15) is 0 Å². The molecule has 6 fully saturated rings. The van der Waals surface area contributed by atoms with Gasteiger partial charge in [-0.25, -0.2) is 0 Å². The Labute approximate surface area is 212 Å². The van der Waals surface area contributed by atoms with Crippen molar-refractivity contribution in [2.24, 2.45) is 41.4 Å². The summed E-state index contributed by atoms with van der Waals surface area (Å²) in [6.07, 6.45) is 34.1. The predicted octanol–water partition coefficient (Wildman–Crippen LogP) is 9.39. The maximum atomic E-state index is 3.38. The Kier molecular flexibility index (Phi) is 7.97. The van der Waals surface area contributed by atoms with Crippen LogP contribution in [-0.2, 0) is 0 Å². The highest BCUT2D eigenvalue weighted by molar-refractivity contribution is 5.03. The molecule has 6 aliphatic rings. The maximum absolute atomic E-state index is 3.38. The summed E-state index contributed by atoms with van der Waals surface area (Å²) in [5.74, 6) is 7.45. The molecule has 0 spiro atoms. The van der Waals surface area contributed by atoms with Gasteiger partial charge in [-0.15, -0.1) is 0 Å². The van der Waals surface area contributed by atoms with Gasteiger partial charge >= 0.3 is 0 Å². The Morgan fingerprint density at radius 2 is 0.853 bits per heavy atom. The Hall–Kier alpha value is -0.0400. The van der Waals surface area contributed by atoms with E-state index in [1.54, 1.807) is 96.3 Å². The van der Waals surface area contributed by atoms with Crippen LogP contribution < -0.4 is 0 Å². The van der Waals surface area contributed by atoms with Crippen LogP contribution >= 0.6 is 0 Å². The van der Waals surface area contributed by atoms with E-state index in [1.807, 2.05) is 0 Å². The quantitative estimate of drug-likeness (QED) is 0.398. The molecule has 0 aromatic heterocycles. The first-order valence-corrected chi connectivity index (χ1v) is 16.6. The molecule has 0 bridgehead atoms. The van der Waals surface area contributed by atoms with Gasteiger partial charge in [-0.3, -0.25) is 4.90 Å². The monoisotopic (exact) mass is 467 g/mol. The summed E-state index contributed by atoms with van der Waals surface area (Å²) in [6.45, 7) is 2.53. The number of fused-ring (bicyclic) bond motifs is 2. The zero-order chi connectivity index (χ0) is 22.9. The van der Waals surface area contributed by atoms with Crippen LogP contribution in [0.2, 0.25) is 0 Å². The normalized spacial score (nSPS) is 46.6. The lowest BCUT2D eigenvalue weighted by atomic mass is 9.56. The molecule has 0 saturated heterocycles. The lowest BCUT2D eigenvalue weighted by Crippen LogP contribution is -2.61. The van der Waals surface area contributed by atoms with Gasteiger partial charge in [-0.2, -0.15) is 0 Å². The fourth-order valence-electron chi connectivity index (χ4n) is 10.9. The molecule has 34 heavy (non-hydrogen) atoms. The average molecular weight is 468 g/mol. The van der Waals surface area contributed by atoms with Crippen molar-refractivity contribution in [1.82, 2.24) is 4.90 Å². The second kappa shape index (κ2) is 11.1. The maximum Gasteiger partial charge on any atom is 0.0163 e. The molecular weight excluding hydrogens is 410 g/mol. The third-order valence-electron chi connectivity index (χ3n) is 12.6. The van der Waals surface area contributed by atoms with E-state index in [1.165, 1.54) is 44.9 Å². The van der Waals surface area contributed by atoms with Crippen molar-refractivity contribution in [2.45, 2.75) is 166 Å². The van der Waals surface area contributed by atoms with E-state index >= 15 is 0 Å². The summed E-state index contributed by atoms with van der Waals surface area (Å²) in [4.78, 5) is 3.38. The van der Waals surface area contributed by atoms with Crippen LogP contribution in [0, 0.1) is 41.4 Å². The third-order valence-corrected chi connectivity index (χ3v) is 12.6. The summed E-state index contributed by atoms with van der Waals surface area (Å²) >= 11 is 0. The van der Waals surface area contributed by atoms with E-state index in [-0.39, 0.29) is 0 Å². The van der Waals surface area contributed by atoms with E-state index < -0.39 is 0 Å². The molecule has 0 radical (unpaired) electrons. The second-order valence-corrected chi connectivity index (χ2v) is 14.5. The van der Waals surface area contributed by atoms with E-state index in [0.29, 0.717) is 0 Å². The molecular formula is C33H57N. The third kappa shape index (κ3) is 5.04. The van der Waals surface area contributed by atoms with E-state index in [4.69, 9.17) is 0 Å². The predicted molar refractivity (Wildman–Crippen MR) is 145 cm³/mol. The summed E-state index contributed by atoms with van der Waals surface area (Å²) in [7, 11) is 0. The number of hydrogen-bond acceptors (Lipinski definition) is 1. The Balaban J connectivity index is 1.24. The highest BCUT2D eigenvalue weighted by Gasteiger charge is 2.51. The van der Waals surface area contributed by atoms with Gasteiger partial charge in [0, 0.05) is 18.1 Å². The van der Waals surface area contributed by atoms with Crippen LogP contribution in [0.25, 0.3) is 0 Å². The van der Waals surface area contributed by atoms with E-state index in [2.05, 4.69) is 11.8 Å². The van der Waals surface area contributed by atoms with Gasteiger partial charge in [-0.1, -0.05) is 77.6 Å². The first kappa shape index (κ1) is 24.3. The van der Waals surface area contributed by atoms with Crippen LogP contribution in [-0.4, -0.2) is 23.0 Å². The molecule has 0 amide bonds. The zero-order valence-electron chi connectivity index (χ0n) is 22.8. The number of hydrogen-bond donors (Lipinski definition) is 0. The fraction of sp³-hybridized carbons (Fsp3) is 1.00. The fourth-order valence-corrected chi connectivity index (χ4v) is 10.9. The zero-order valence-corrected chi connectivity index (χ0v) is 22.8. The summed E-state index contributed by atoms with van der Waals surface area (Å²) in [5.41, 5.74) is 0. The van der Waals surface area contributed by atoms with Gasteiger partial charge in [0.2, 0.25) is 0 Å². The SMILES string of the molecule is CC1CCC(N(C2CCC(C3CCCCC3)CC2)C2C3CCCCC3CC3CCCCC32)CC1. The van der Waals surface area contributed by atoms with Crippen LogP contribution in [0.3, 0.4) is 0 Å². The summed E-state index contributed by atoms with van der Waals surface area (Å²) < 4.78 is 0. The molecule has 0 aliphatic heterocycles. The first-order valence-electron chi connectivity index (χ1n) is 16.6. The molecule has 0 aromatic carbocycles. The Bertz CT molecular complexity index is 598. The largest absolute Gasteiger partial charge is 0.294 e. The highest BCUT2D eigenvalue weighted by Crippen LogP contribution is 2.54. The van der Waals surface area contributed by atoms with Crippen molar-refractivity contribution < 1.29 is 0 Å². The van der Waals surface area contributed by atoms with Crippen molar-refractivity contribution in [1.29, 1.82) is 0 Å². The van der Waals surface area contributed by atoms with Crippen LogP contribution in [0.5, 0.6) is 0 Å². The average Bonchev–Trinajstić information content (AvgIpc) is 2.90. The highest BCUT2D eigenvalue weighted by atomic mass is 15.2. The lowest BCUT2D eigenvalue weighted by molar-refractivity contribution is -0.0954.